The molecule has 0 amide bonds. The first-order valence-corrected chi connectivity index (χ1v) is 7.56. The number of nitriles is 1. The molecule has 0 spiro atoms. The van der Waals surface area contributed by atoms with Gasteiger partial charge in [0.25, 0.3) is 0 Å². The Hall–Kier alpha value is -2.06. The summed E-state index contributed by atoms with van der Waals surface area (Å²) in [6.07, 6.45) is 5.21. The molecule has 2 heterocycles. The molecule has 4 nitrogen and oxygen atoms in total. The first kappa shape index (κ1) is 12.9. The van der Waals surface area contributed by atoms with Gasteiger partial charge in [-0.05, 0) is 17.9 Å². The van der Waals surface area contributed by atoms with Crippen LogP contribution in [0.1, 0.15) is 6.42 Å². The number of nitrogens with zero attached hydrogens (tertiary/aromatic N) is 3. The normalized spacial score (nSPS) is 17.9. The van der Waals surface area contributed by atoms with Gasteiger partial charge in [-0.15, -0.1) is 0 Å². The Morgan fingerprint density at radius 3 is 3.00 bits per heavy atom. The first-order valence-electron chi connectivity index (χ1n) is 6.75. The van der Waals surface area contributed by atoms with Gasteiger partial charge in [-0.3, -0.25) is 0 Å². The molecule has 20 heavy (non-hydrogen) atoms. The fourth-order valence-electron chi connectivity index (χ4n) is 2.41. The maximum absolute atomic E-state index is 8.84. The zero-order chi connectivity index (χ0) is 13.8. The average Bonchev–Trinajstić information content (AvgIpc) is 3.15. The smallest absolute Gasteiger partial charge is 0.183 e. The van der Waals surface area contributed by atoms with Crippen molar-refractivity contribution in [2.45, 2.75) is 6.42 Å². The fourth-order valence-corrected chi connectivity index (χ4v) is 3.24. The lowest BCUT2D eigenvalue weighted by atomic mass is 10.1. The molecule has 0 bridgehead atoms. The van der Waals surface area contributed by atoms with Gasteiger partial charge in [0.2, 0.25) is 0 Å². The second kappa shape index (κ2) is 5.93. The molecule has 0 radical (unpaired) electrons. The van der Waals surface area contributed by atoms with E-state index in [1.54, 1.807) is 11.3 Å². The van der Waals surface area contributed by atoms with Crippen molar-refractivity contribution < 1.29 is 0 Å². The molecule has 0 saturated carbocycles. The van der Waals surface area contributed by atoms with E-state index < -0.39 is 0 Å². The number of benzene rings is 1. The maximum atomic E-state index is 8.84. The highest BCUT2D eigenvalue weighted by Gasteiger charge is 2.21. The highest BCUT2D eigenvalue weighted by atomic mass is 32.1. The minimum atomic E-state index is 0.540. The number of hydrogen-bond acceptors (Lipinski definition) is 5. The molecule has 1 aromatic carbocycles. The minimum absolute atomic E-state index is 0.540. The van der Waals surface area contributed by atoms with E-state index in [-0.39, 0.29) is 0 Å². The summed E-state index contributed by atoms with van der Waals surface area (Å²) in [6.45, 7) is 2.64. The van der Waals surface area contributed by atoms with E-state index in [9.17, 15) is 0 Å². The van der Waals surface area contributed by atoms with Crippen LogP contribution in [0.5, 0.6) is 0 Å². The van der Waals surface area contributed by atoms with Crippen LogP contribution in [0.25, 0.3) is 10.4 Å². The standard InChI is InChI=1S/C15H16N4S/c16-11-19-7-6-12(10-19)8-17-15-18-9-14(20-15)13-4-2-1-3-5-13/h1-5,9,12H,6-8,10H2,(H,17,18)/t12-/m0/s1. The van der Waals surface area contributed by atoms with Crippen molar-refractivity contribution in [3.63, 3.8) is 0 Å². The molecule has 0 aliphatic carbocycles. The number of anilines is 1. The molecule has 102 valence electrons. The Kier molecular flexibility index (Phi) is 3.84. The van der Waals surface area contributed by atoms with Crippen LogP contribution < -0.4 is 5.32 Å². The van der Waals surface area contributed by atoms with Crippen molar-refractivity contribution >= 4 is 16.5 Å². The lowest BCUT2D eigenvalue weighted by Gasteiger charge is -2.09. The number of aromatic nitrogens is 1. The number of thiazole rings is 1. The molecule has 2 aromatic rings. The van der Waals surface area contributed by atoms with Crippen LogP contribution >= 0.6 is 11.3 Å². The molecule has 1 aromatic heterocycles. The number of hydrogen-bond donors (Lipinski definition) is 1. The Bertz CT molecular complexity index is 602. The van der Waals surface area contributed by atoms with Crippen molar-refractivity contribution in [3.05, 3.63) is 36.5 Å². The van der Waals surface area contributed by atoms with Crippen LogP contribution in [0.15, 0.2) is 36.5 Å². The van der Waals surface area contributed by atoms with Gasteiger partial charge in [0.1, 0.15) is 0 Å². The lowest BCUT2D eigenvalue weighted by molar-refractivity contribution is 0.461. The fraction of sp³-hybridized carbons (Fsp3) is 0.333. The summed E-state index contributed by atoms with van der Waals surface area (Å²) in [6, 6.07) is 10.3. The quantitative estimate of drug-likeness (QED) is 0.877. The van der Waals surface area contributed by atoms with Gasteiger partial charge in [0.05, 0.1) is 4.88 Å². The second-order valence-corrected chi connectivity index (χ2v) is 6.01. The predicted molar refractivity (Wildman–Crippen MR) is 81.3 cm³/mol. The van der Waals surface area contributed by atoms with Gasteiger partial charge in [-0.25, -0.2) is 4.98 Å². The third-order valence-corrected chi connectivity index (χ3v) is 4.54. The average molecular weight is 284 g/mol. The van der Waals surface area contributed by atoms with Gasteiger partial charge in [0.15, 0.2) is 11.3 Å². The van der Waals surface area contributed by atoms with Crippen LogP contribution in [0.4, 0.5) is 5.13 Å². The summed E-state index contributed by atoms with van der Waals surface area (Å²) in [5, 5.41) is 13.2. The third-order valence-electron chi connectivity index (χ3n) is 3.53. The monoisotopic (exact) mass is 284 g/mol. The van der Waals surface area contributed by atoms with E-state index >= 15 is 0 Å². The van der Waals surface area contributed by atoms with E-state index in [4.69, 9.17) is 5.26 Å². The Balaban J connectivity index is 1.57. The molecule has 3 rings (SSSR count). The summed E-state index contributed by atoms with van der Waals surface area (Å²) in [5.41, 5.74) is 1.20. The first-order chi connectivity index (χ1) is 9.85. The number of nitrogens with one attached hydrogen (secondary N) is 1. The van der Waals surface area contributed by atoms with Crippen molar-refractivity contribution in [2.24, 2.45) is 5.92 Å². The lowest BCUT2D eigenvalue weighted by Crippen LogP contribution is -2.18. The SMILES string of the molecule is N#CN1CC[C@@H](CNc2ncc(-c3ccccc3)s2)C1. The van der Waals surface area contributed by atoms with E-state index in [1.807, 2.05) is 29.3 Å². The zero-order valence-corrected chi connectivity index (χ0v) is 11.9. The van der Waals surface area contributed by atoms with Crippen LogP contribution in [0.2, 0.25) is 0 Å². The molecule has 1 fully saturated rings. The van der Waals surface area contributed by atoms with Gasteiger partial charge in [0, 0.05) is 25.8 Å². The number of likely N-dealkylation sites (tertiary alicyclic amines) is 1. The molecule has 1 aliphatic rings. The second-order valence-electron chi connectivity index (χ2n) is 4.98. The molecular formula is C15H16N4S. The highest BCUT2D eigenvalue weighted by molar-refractivity contribution is 7.18. The van der Waals surface area contributed by atoms with Crippen LogP contribution in [0, 0.1) is 17.4 Å². The molecule has 1 atom stereocenters. The summed E-state index contributed by atoms with van der Waals surface area (Å²) in [4.78, 5) is 7.42. The minimum Gasteiger partial charge on any atom is -0.361 e. The van der Waals surface area contributed by atoms with E-state index in [2.05, 4.69) is 28.6 Å². The summed E-state index contributed by atoms with van der Waals surface area (Å²) in [5.74, 6) is 0.540. The Labute approximate surface area is 122 Å². The van der Waals surface area contributed by atoms with Crippen molar-refractivity contribution in [1.82, 2.24) is 9.88 Å². The summed E-state index contributed by atoms with van der Waals surface area (Å²) >= 11 is 1.68. The van der Waals surface area contributed by atoms with Gasteiger partial charge >= 0.3 is 0 Å². The van der Waals surface area contributed by atoms with E-state index in [0.29, 0.717) is 5.92 Å². The van der Waals surface area contributed by atoms with Gasteiger partial charge in [-0.2, -0.15) is 5.26 Å². The summed E-state index contributed by atoms with van der Waals surface area (Å²) in [7, 11) is 0. The molecule has 5 heteroatoms. The Morgan fingerprint density at radius 2 is 2.25 bits per heavy atom. The molecule has 0 unspecified atom stereocenters. The molecule has 1 N–H and O–H groups in total. The Morgan fingerprint density at radius 1 is 1.40 bits per heavy atom. The topological polar surface area (TPSA) is 52.0 Å². The summed E-state index contributed by atoms with van der Waals surface area (Å²) < 4.78 is 0. The number of rotatable bonds is 4. The van der Waals surface area contributed by atoms with Crippen molar-refractivity contribution in [2.75, 3.05) is 25.0 Å². The molecular weight excluding hydrogens is 268 g/mol. The van der Waals surface area contributed by atoms with Crippen LogP contribution in [0.3, 0.4) is 0 Å². The van der Waals surface area contributed by atoms with E-state index in [0.717, 1.165) is 31.2 Å². The van der Waals surface area contributed by atoms with Crippen LogP contribution in [-0.4, -0.2) is 29.5 Å². The highest BCUT2D eigenvalue weighted by Crippen LogP contribution is 2.29. The predicted octanol–water partition coefficient (Wildman–Crippen LogP) is 3.02. The van der Waals surface area contributed by atoms with E-state index in [1.165, 1.54) is 10.4 Å². The van der Waals surface area contributed by atoms with Gasteiger partial charge in [-0.1, -0.05) is 41.7 Å². The maximum Gasteiger partial charge on any atom is 0.183 e. The zero-order valence-electron chi connectivity index (χ0n) is 11.1. The van der Waals surface area contributed by atoms with Gasteiger partial charge < -0.3 is 10.2 Å². The largest absolute Gasteiger partial charge is 0.361 e. The molecule has 1 saturated heterocycles. The molecule has 1 aliphatic heterocycles. The van der Waals surface area contributed by atoms with Crippen LogP contribution in [-0.2, 0) is 0 Å². The van der Waals surface area contributed by atoms with Crippen molar-refractivity contribution in [1.29, 1.82) is 5.26 Å². The third kappa shape index (κ3) is 2.91. The van der Waals surface area contributed by atoms with Crippen molar-refractivity contribution in [3.8, 4) is 16.6 Å².